The molecule has 1 unspecified atom stereocenters. The minimum Gasteiger partial charge on any atom is -0.378 e. The lowest BCUT2D eigenvalue weighted by molar-refractivity contribution is 0.122. The number of morpholine rings is 1. The molecule has 2 saturated heterocycles. The lowest BCUT2D eigenvalue weighted by atomic mass is 10.0. The summed E-state index contributed by atoms with van der Waals surface area (Å²) in [4.78, 5) is 20.2. The molecule has 2 aromatic heterocycles. The van der Waals surface area contributed by atoms with E-state index >= 15 is 0 Å². The van der Waals surface area contributed by atoms with E-state index in [2.05, 4.69) is 37.8 Å². The number of rotatable bonds is 4. The van der Waals surface area contributed by atoms with E-state index in [1.807, 2.05) is 12.3 Å². The number of ether oxygens (including phenoxy) is 1. The Bertz CT molecular complexity index is 897. The van der Waals surface area contributed by atoms with Gasteiger partial charge in [0, 0.05) is 51.7 Å². The first-order valence-corrected chi connectivity index (χ1v) is 10.2. The lowest BCUT2D eigenvalue weighted by Gasteiger charge is -2.39. The molecule has 4 rings (SSSR count). The second-order valence-corrected chi connectivity index (χ2v) is 7.72. The highest BCUT2D eigenvalue weighted by Gasteiger charge is 2.27. The van der Waals surface area contributed by atoms with Gasteiger partial charge < -0.3 is 19.4 Å². The minimum absolute atomic E-state index is 0.282. The Balaban J connectivity index is 1.49. The van der Waals surface area contributed by atoms with Crippen LogP contribution in [0.3, 0.4) is 0 Å². The standard InChI is InChI=1S/C20H24ClN7O/c1-26(18-4-5-23-20(25-18)27-7-9-29-10-8-27)16-3-2-6-28(14-16)19-17(21)11-15(12-22)13-24-19/h4-5,11,13,16H,2-3,6-10,14H2,1H3. The first-order valence-electron chi connectivity index (χ1n) is 9.85. The highest BCUT2D eigenvalue weighted by molar-refractivity contribution is 6.33. The van der Waals surface area contributed by atoms with Crippen LogP contribution in [0.4, 0.5) is 17.6 Å². The van der Waals surface area contributed by atoms with E-state index in [1.54, 1.807) is 12.3 Å². The smallest absolute Gasteiger partial charge is 0.227 e. The molecular weight excluding hydrogens is 390 g/mol. The Morgan fingerprint density at radius 3 is 2.83 bits per heavy atom. The van der Waals surface area contributed by atoms with Crippen molar-refractivity contribution in [2.45, 2.75) is 18.9 Å². The zero-order valence-corrected chi connectivity index (χ0v) is 17.2. The average Bonchev–Trinajstić information content (AvgIpc) is 2.79. The number of piperidine rings is 1. The van der Waals surface area contributed by atoms with Crippen LogP contribution in [-0.4, -0.2) is 67.4 Å². The number of aromatic nitrogens is 3. The van der Waals surface area contributed by atoms with Gasteiger partial charge in [0.15, 0.2) is 0 Å². The van der Waals surface area contributed by atoms with Gasteiger partial charge >= 0.3 is 0 Å². The average molecular weight is 414 g/mol. The topological polar surface area (TPSA) is 81.4 Å². The molecule has 152 valence electrons. The molecule has 29 heavy (non-hydrogen) atoms. The third-order valence-corrected chi connectivity index (χ3v) is 5.76. The maximum atomic E-state index is 9.03. The molecule has 0 bridgehead atoms. The molecule has 0 saturated carbocycles. The Kier molecular flexibility index (Phi) is 5.97. The Hall–Kier alpha value is -2.63. The fourth-order valence-electron chi connectivity index (χ4n) is 3.83. The fraction of sp³-hybridized carbons (Fsp3) is 0.500. The van der Waals surface area contributed by atoms with Gasteiger partial charge in [0.25, 0.3) is 0 Å². The van der Waals surface area contributed by atoms with Gasteiger partial charge in [-0.25, -0.2) is 9.97 Å². The summed E-state index contributed by atoms with van der Waals surface area (Å²) < 4.78 is 5.42. The number of nitriles is 1. The van der Waals surface area contributed by atoms with Gasteiger partial charge in [0.1, 0.15) is 17.7 Å². The molecule has 0 aliphatic carbocycles. The summed E-state index contributed by atoms with van der Waals surface area (Å²) in [6.07, 6.45) is 5.50. The highest BCUT2D eigenvalue weighted by atomic mass is 35.5. The van der Waals surface area contributed by atoms with Gasteiger partial charge in [-0.15, -0.1) is 0 Å². The number of anilines is 3. The first kappa shape index (κ1) is 19.7. The molecule has 0 radical (unpaired) electrons. The van der Waals surface area contributed by atoms with E-state index in [1.165, 1.54) is 0 Å². The van der Waals surface area contributed by atoms with Gasteiger partial charge in [-0.2, -0.15) is 10.2 Å². The summed E-state index contributed by atoms with van der Waals surface area (Å²) in [7, 11) is 2.08. The van der Waals surface area contributed by atoms with Crippen LogP contribution in [0.1, 0.15) is 18.4 Å². The first-order chi connectivity index (χ1) is 14.2. The van der Waals surface area contributed by atoms with Crippen molar-refractivity contribution in [3.05, 3.63) is 35.1 Å². The monoisotopic (exact) mass is 413 g/mol. The molecular formula is C20H24ClN7O. The molecule has 4 heterocycles. The predicted octanol–water partition coefficient (Wildman–Crippen LogP) is 2.34. The van der Waals surface area contributed by atoms with Crippen LogP contribution in [0.15, 0.2) is 24.5 Å². The quantitative estimate of drug-likeness (QED) is 0.755. The van der Waals surface area contributed by atoms with Crippen LogP contribution in [0.5, 0.6) is 0 Å². The van der Waals surface area contributed by atoms with Crippen molar-refractivity contribution in [1.82, 2.24) is 15.0 Å². The third-order valence-electron chi connectivity index (χ3n) is 5.48. The van der Waals surface area contributed by atoms with E-state index in [0.717, 1.165) is 56.6 Å². The maximum absolute atomic E-state index is 9.03. The summed E-state index contributed by atoms with van der Waals surface area (Å²) in [5.74, 6) is 2.40. The van der Waals surface area contributed by atoms with E-state index in [-0.39, 0.29) is 6.04 Å². The molecule has 2 fully saturated rings. The van der Waals surface area contributed by atoms with Crippen molar-refractivity contribution in [3.8, 4) is 6.07 Å². The Morgan fingerprint density at radius 2 is 2.07 bits per heavy atom. The number of nitrogens with zero attached hydrogens (tertiary/aromatic N) is 7. The molecule has 0 aromatic carbocycles. The van der Waals surface area contributed by atoms with Gasteiger partial charge in [-0.3, -0.25) is 0 Å². The van der Waals surface area contributed by atoms with Crippen LogP contribution in [0, 0.1) is 11.3 Å². The van der Waals surface area contributed by atoms with Crippen molar-refractivity contribution < 1.29 is 4.74 Å². The molecule has 8 nitrogen and oxygen atoms in total. The molecule has 1 atom stereocenters. The molecule has 2 aliphatic rings. The van der Waals surface area contributed by atoms with Crippen LogP contribution in [-0.2, 0) is 4.74 Å². The number of hydrogen-bond acceptors (Lipinski definition) is 8. The van der Waals surface area contributed by atoms with Crippen LogP contribution in [0.25, 0.3) is 0 Å². The maximum Gasteiger partial charge on any atom is 0.227 e. The number of halogens is 1. The van der Waals surface area contributed by atoms with E-state index in [0.29, 0.717) is 23.8 Å². The van der Waals surface area contributed by atoms with Gasteiger partial charge in [0.2, 0.25) is 5.95 Å². The number of pyridine rings is 1. The van der Waals surface area contributed by atoms with Crippen molar-refractivity contribution >= 4 is 29.2 Å². The molecule has 9 heteroatoms. The minimum atomic E-state index is 0.282. The largest absolute Gasteiger partial charge is 0.378 e. The molecule has 2 aromatic rings. The van der Waals surface area contributed by atoms with E-state index in [4.69, 9.17) is 26.6 Å². The van der Waals surface area contributed by atoms with Crippen LogP contribution < -0.4 is 14.7 Å². The van der Waals surface area contributed by atoms with Crippen LogP contribution >= 0.6 is 11.6 Å². The van der Waals surface area contributed by atoms with Crippen LogP contribution in [0.2, 0.25) is 5.02 Å². The molecule has 0 N–H and O–H groups in total. The van der Waals surface area contributed by atoms with Crippen molar-refractivity contribution in [2.75, 3.05) is 61.1 Å². The summed E-state index contributed by atoms with van der Waals surface area (Å²) >= 11 is 6.39. The number of likely N-dealkylation sites (N-methyl/N-ethyl adjacent to an activating group) is 1. The Labute approximate surface area is 175 Å². The zero-order valence-electron chi connectivity index (χ0n) is 16.5. The van der Waals surface area contributed by atoms with E-state index in [9.17, 15) is 0 Å². The van der Waals surface area contributed by atoms with Crippen molar-refractivity contribution in [1.29, 1.82) is 5.26 Å². The Morgan fingerprint density at radius 1 is 1.24 bits per heavy atom. The molecule has 0 amide bonds. The van der Waals surface area contributed by atoms with Gasteiger partial charge in [0.05, 0.1) is 23.8 Å². The normalized spacial score (nSPS) is 19.7. The van der Waals surface area contributed by atoms with Gasteiger partial charge in [-0.05, 0) is 25.0 Å². The third kappa shape index (κ3) is 4.36. The van der Waals surface area contributed by atoms with Gasteiger partial charge in [-0.1, -0.05) is 11.6 Å². The summed E-state index contributed by atoms with van der Waals surface area (Å²) in [5, 5.41) is 9.55. The SMILES string of the molecule is CN(c1ccnc(N2CCOCC2)n1)C1CCCN(c2ncc(C#N)cc2Cl)C1. The molecule has 2 aliphatic heterocycles. The summed E-state index contributed by atoms with van der Waals surface area (Å²) in [6.45, 7) is 4.73. The summed E-state index contributed by atoms with van der Waals surface area (Å²) in [5.41, 5.74) is 0.473. The summed E-state index contributed by atoms with van der Waals surface area (Å²) in [6, 6.07) is 5.99. The zero-order chi connectivity index (χ0) is 20.2. The predicted molar refractivity (Wildman–Crippen MR) is 113 cm³/mol. The highest BCUT2D eigenvalue weighted by Crippen LogP contribution is 2.29. The van der Waals surface area contributed by atoms with Crippen molar-refractivity contribution in [3.63, 3.8) is 0 Å². The van der Waals surface area contributed by atoms with Crippen molar-refractivity contribution in [2.24, 2.45) is 0 Å². The number of hydrogen-bond donors (Lipinski definition) is 0. The van der Waals surface area contributed by atoms with E-state index < -0.39 is 0 Å². The second kappa shape index (κ2) is 8.80. The molecule has 0 spiro atoms. The lowest BCUT2D eigenvalue weighted by Crippen LogP contribution is -2.47. The fourth-order valence-corrected chi connectivity index (χ4v) is 4.11. The second-order valence-electron chi connectivity index (χ2n) is 7.31.